The Hall–Kier alpha value is -0.890. The SMILES string of the molecule is CCNC(c1ccc(F)cc1)C1C2C3CCC(C3)C21. The van der Waals surface area contributed by atoms with Crippen LogP contribution in [0.4, 0.5) is 4.39 Å². The molecular formula is C17H22FN. The van der Waals surface area contributed by atoms with Gasteiger partial charge in [0, 0.05) is 6.04 Å². The van der Waals surface area contributed by atoms with E-state index in [1.165, 1.54) is 24.8 Å². The van der Waals surface area contributed by atoms with Crippen LogP contribution in [0, 0.1) is 35.4 Å². The fourth-order valence-corrected chi connectivity index (χ4v) is 5.20. The van der Waals surface area contributed by atoms with Crippen molar-refractivity contribution in [1.82, 2.24) is 5.32 Å². The molecule has 0 saturated heterocycles. The number of rotatable bonds is 4. The van der Waals surface area contributed by atoms with E-state index in [2.05, 4.69) is 12.2 Å². The number of nitrogens with one attached hydrogen (secondary N) is 1. The van der Waals surface area contributed by atoms with Gasteiger partial charge in [-0.25, -0.2) is 4.39 Å². The smallest absolute Gasteiger partial charge is 0.123 e. The van der Waals surface area contributed by atoms with Crippen molar-refractivity contribution < 1.29 is 4.39 Å². The van der Waals surface area contributed by atoms with E-state index < -0.39 is 0 Å². The van der Waals surface area contributed by atoms with Crippen molar-refractivity contribution in [3.8, 4) is 0 Å². The molecule has 0 heterocycles. The van der Waals surface area contributed by atoms with Crippen LogP contribution in [0.1, 0.15) is 37.8 Å². The Labute approximate surface area is 114 Å². The van der Waals surface area contributed by atoms with E-state index in [1.807, 2.05) is 12.1 Å². The number of benzene rings is 1. The molecule has 4 rings (SSSR count). The summed E-state index contributed by atoms with van der Waals surface area (Å²) in [6.45, 7) is 3.16. The second-order valence-electron chi connectivity index (χ2n) is 6.65. The molecule has 0 radical (unpaired) electrons. The summed E-state index contributed by atoms with van der Waals surface area (Å²) in [5.74, 6) is 4.62. The molecular weight excluding hydrogens is 237 g/mol. The van der Waals surface area contributed by atoms with Gasteiger partial charge in [-0.1, -0.05) is 19.1 Å². The molecule has 102 valence electrons. The Bertz CT molecular complexity index is 453. The summed E-state index contributed by atoms with van der Waals surface area (Å²) in [6.07, 6.45) is 4.42. The van der Waals surface area contributed by atoms with Crippen molar-refractivity contribution in [2.24, 2.45) is 29.6 Å². The molecule has 3 saturated carbocycles. The normalized spacial score (nSPS) is 40.2. The third kappa shape index (κ3) is 1.76. The summed E-state index contributed by atoms with van der Waals surface area (Å²) in [5.41, 5.74) is 1.28. The molecule has 1 aromatic carbocycles. The number of halogens is 1. The van der Waals surface area contributed by atoms with E-state index in [0.29, 0.717) is 6.04 Å². The van der Waals surface area contributed by atoms with Gasteiger partial charge in [-0.15, -0.1) is 0 Å². The Balaban J connectivity index is 1.58. The van der Waals surface area contributed by atoms with Gasteiger partial charge < -0.3 is 5.32 Å². The molecule has 1 N–H and O–H groups in total. The Morgan fingerprint density at radius 3 is 2.37 bits per heavy atom. The van der Waals surface area contributed by atoms with Crippen LogP contribution >= 0.6 is 0 Å². The van der Waals surface area contributed by atoms with E-state index in [9.17, 15) is 4.39 Å². The molecule has 2 bridgehead atoms. The van der Waals surface area contributed by atoms with E-state index in [0.717, 1.165) is 36.1 Å². The van der Waals surface area contributed by atoms with Crippen LogP contribution < -0.4 is 5.32 Å². The Kier molecular flexibility index (Phi) is 2.70. The average Bonchev–Trinajstić information content (AvgIpc) is 2.84. The predicted octanol–water partition coefficient (Wildman–Crippen LogP) is 3.77. The minimum Gasteiger partial charge on any atom is -0.310 e. The van der Waals surface area contributed by atoms with Crippen molar-refractivity contribution >= 4 is 0 Å². The fourth-order valence-electron chi connectivity index (χ4n) is 5.20. The summed E-state index contributed by atoms with van der Waals surface area (Å²) in [5, 5.41) is 3.66. The molecule has 3 aliphatic carbocycles. The monoisotopic (exact) mass is 259 g/mol. The first-order valence-corrected chi connectivity index (χ1v) is 7.78. The molecule has 0 spiro atoms. The largest absolute Gasteiger partial charge is 0.310 e. The summed E-state index contributed by atoms with van der Waals surface area (Å²) >= 11 is 0. The van der Waals surface area contributed by atoms with Crippen LogP contribution in [-0.2, 0) is 0 Å². The lowest BCUT2D eigenvalue weighted by atomic mass is 9.93. The van der Waals surface area contributed by atoms with Crippen molar-refractivity contribution in [3.63, 3.8) is 0 Å². The first-order valence-electron chi connectivity index (χ1n) is 7.78. The lowest BCUT2D eigenvalue weighted by Crippen LogP contribution is -2.25. The minimum atomic E-state index is -0.130. The first-order chi connectivity index (χ1) is 9.29. The minimum absolute atomic E-state index is 0.130. The summed E-state index contributed by atoms with van der Waals surface area (Å²) in [4.78, 5) is 0. The van der Waals surface area contributed by atoms with Crippen LogP contribution in [0.5, 0.6) is 0 Å². The molecule has 3 aliphatic rings. The summed E-state index contributed by atoms with van der Waals surface area (Å²) in [6, 6.07) is 7.60. The van der Waals surface area contributed by atoms with Gasteiger partial charge in [-0.05, 0) is 73.1 Å². The van der Waals surface area contributed by atoms with E-state index in [4.69, 9.17) is 0 Å². The number of hydrogen-bond acceptors (Lipinski definition) is 1. The second kappa shape index (κ2) is 4.31. The lowest BCUT2D eigenvalue weighted by molar-refractivity contribution is 0.374. The van der Waals surface area contributed by atoms with Gasteiger partial charge in [0.15, 0.2) is 0 Å². The molecule has 0 aliphatic heterocycles. The Morgan fingerprint density at radius 1 is 1.16 bits per heavy atom. The fraction of sp³-hybridized carbons (Fsp3) is 0.647. The summed E-state index contributed by atoms with van der Waals surface area (Å²) < 4.78 is 13.1. The maximum atomic E-state index is 13.1. The van der Waals surface area contributed by atoms with Gasteiger partial charge in [0.25, 0.3) is 0 Å². The maximum absolute atomic E-state index is 13.1. The highest BCUT2D eigenvalue weighted by Gasteiger charge is 2.66. The summed E-state index contributed by atoms with van der Waals surface area (Å²) in [7, 11) is 0. The van der Waals surface area contributed by atoms with E-state index in [-0.39, 0.29) is 5.82 Å². The van der Waals surface area contributed by atoms with Crippen LogP contribution in [0.3, 0.4) is 0 Å². The molecule has 0 aromatic heterocycles. The molecule has 5 atom stereocenters. The van der Waals surface area contributed by atoms with Gasteiger partial charge in [0.2, 0.25) is 0 Å². The van der Waals surface area contributed by atoms with Crippen molar-refractivity contribution in [2.75, 3.05) is 6.54 Å². The number of fused-ring (bicyclic) bond motifs is 5. The molecule has 5 unspecified atom stereocenters. The van der Waals surface area contributed by atoms with Crippen molar-refractivity contribution in [1.29, 1.82) is 0 Å². The van der Waals surface area contributed by atoms with Crippen LogP contribution in [0.2, 0.25) is 0 Å². The van der Waals surface area contributed by atoms with Gasteiger partial charge in [0.05, 0.1) is 0 Å². The zero-order valence-corrected chi connectivity index (χ0v) is 11.5. The highest BCUT2D eigenvalue weighted by molar-refractivity contribution is 5.26. The maximum Gasteiger partial charge on any atom is 0.123 e. The highest BCUT2D eigenvalue weighted by Crippen LogP contribution is 2.72. The highest BCUT2D eigenvalue weighted by atomic mass is 19.1. The quantitative estimate of drug-likeness (QED) is 0.868. The van der Waals surface area contributed by atoms with Crippen molar-refractivity contribution in [3.05, 3.63) is 35.6 Å². The topological polar surface area (TPSA) is 12.0 Å². The van der Waals surface area contributed by atoms with Gasteiger partial charge in [0.1, 0.15) is 5.82 Å². The van der Waals surface area contributed by atoms with Gasteiger partial charge in [-0.3, -0.25) is 0 Å². The van der Waals surface area contributed by atoms with E-state index >= 15 is 0 Å². The molecule has 2 heteroatoms. The molecule has 1 aromatic rings. The van der Waals surface area contributed by atoms with Crippen LogP contribution in [0.25, 0.3) is 0 Å². The third-order valence-electron chi connectivity index (χ3n) is 5.83. The predicted molar refractivity (Wildman–Crippen MR) is 74.1 cm³/mol. The number of hydrogen-bond donors (Lipinski definition) is 1. The standard InChI is InChI=1S/C17H22FN/c1-2-19-17(10-5-7-13(18)8-6-10)16-14-11-3-4-12(9-11)15(14)16/h5-8,11-12,14-17,19H,2-4,9H2,1H3. The Morgan fingerprint density at radius 2 is 1.79 bits per heavy atom. The molecule has 19 heavy (non-hydrogen) atoms. The second-order valence-corrected chi connectivity index (χ2v) is 6.65. The molecule has 3 fully saturated rings. The average molecular weight is 259 g/mol. The molecule has 0 amide bonds. The zero-order chi connectivity index (χ0) is 13.0. The van der Waals surface area contributed by atoms with Crippen molar-refractivity contribution in [2.45, 2.75) is 32.2 Å². The first kappa shape index (κ1) is 11.9. The van der Waals surface area contributed by atoms with Gasteiger partial charge in [-0.2, -0.15) is 0 Å². The van der Waals surface area contributed by atoms with Crippen LogP contribution in [-0.4, -0.2) is 6.54 Å². The van der Waals surface area contributed by atoms with Gasteiger partial charge >= 0.3 is 0 Å². The zero-order valence-electron chi connectivity index (χ0n) is 11.5. The van der Waals surface area contributed by atoms with Crippen LogP contribution in [0.15, 0.2) is 24.3 Å². The third-order valence-corrected chi connectivity index (χ3v) is 5.83. The molecule has 1 nitrogen and oxygen atoms in total. The lowest BCUT2D eigenvalue weighted by Gasteiger charge is -2.22. The van der Waals surface area contributed by atoms with E-state index in [1.54, 1.807) is 12.1 Å².